The van der Waals surface area contributed by atoms with Crippen molar-refractivity contribution in [2.75, 3.05) is 7.05 Å². The normalized spacial score (nSPS) is 10.6. The van der Waals surface area contributed by atoms with Crippen molar-refractivity contribution < 1.29 is 0 Å². The topological polar surface area (TPSA) is 12.4 Å². The molecule has 68 valence electrons. The SMILES string of the molecule is C=C/C=C\C=C\CC.CC=NC. The molecule has 0 aromatic rings. The zero-order chi connectivity index (χ0) is 9.66. The first-order valence-electron chi connectivity index (χ1n) is 4.14. The monoisotopic (exact) mass is 165 g/mol. The molecule has 0 bridgehead atoms. The highest BCUT2D eigenvalue weighted by Crippen LogP contribution is 1.80. The number of hydrogen-bond acceptors (Lipinski definition) is 1. The Labute approximate surface area is 76.2 Å². The Morgan fingerprint density at radius 3 is 2.17 bits per heavy atom. The number of aliphatic imine (C=N–C) groups is 1. The number of nitrogens with zero attached hydrogens (tertiary/aromatic N) is 1. The molecule has 0 spiro atoms. The van der Waals surface area contributed by atoms with Crippen molar-refractivity contribution in [2.24, 2.45) is 4.99 Å². The number of rotatable bonds is 3. The fraction of sp³-hybridized carbons (Fsp3) is 0.364. The average molecular weight is 165 g/mol. The van der Waals surface area contributed by atoms with Crippen molar-refractivity contribution in [2.45, 2.75) is 20.3 Å². The van der Waals surface area contributed by atoms with Crippen LogP contribution in [0.1, 0.15) is 20.3 Å². The molecule has 0 amide bonds. The van der Waals surface area contributed by atoms with Gasteiger partial charge < -0.3 is 4.99 Å². The van der Waals surface area contributed by atoms with E-state index in [9.17, 15) is 0 Å². The average Bonchev–Trinajstić information content (AvgIpc) is 2.13. The van der Waals surface area contributed by atoms with E-state index < -0.39 is 0 Å². The molecular weight excluding hydrogens is 146 g/mol. The third-order valence-electron chi connectivity index (χ3n) is 0.988. The smallest absolute Gasteiger partial charge is 0.0273 e. The van der Waals surface area contributed by atoms with Crippen LogP contribution < -0.4 is 0 Å². The Hall–Kier alpha value is -1.11. The van der Waals surface area contributed by atoms with Gasteiger partial charge in [-0.3, -0.25) is 0 Å². The molecule has 0 heterocycles. The second-order valence-corrected chi connectivity index (χ2v) is 1.97. The van der Waals surface area contributed by atoms with Crippen molar-refractivity contribution in [3.8, 4) is 0 Å². The Kier molecular flexibility index (Phi) is 18.5. The van der Waals surface area contributed by atoms with E-state index in [-0.39, 0.29) is 0 Å². The molecule has 0 unspecified atom stereocenters. The van der Waals surface area contributed by atoms with Gasteiger partial charge in [0.15, 0.2) is 0 Å². The molecule has 0 atom stereocenters. The highest BCUT2D eigenvalue weighted by molar-refractivity contribution is 5.52. The van der Waals surface area contributed by atoms with Crippen molar-refractivity contribution in [1.29, 1.82) is 0 Å². The van der Waals surface area contributed by atoms with Crippen LogP contribution in [-0.2, 0) is 0 Å². The first-order chi connectivity index (χ1) is 5.83. The largest absolute Gasteiger partial charge is 0.301 e. The second kappa shape index (κ2) is 16.5. The molecule has 1 nitrogen and oxygen atoms in total. The van der Waals surface area contributed by atoms with Gasteiger partial charge in [-0.2, -0.15) is 0 Å². The molecule has 0 aliphatic rings. The highest BCUT2D eigenvalue weighted by atomic mass is 14.6. The Bertz CT molecular complexity index is 148. The second-order valence-electron chi connectivity index (χ2n) is 1.97. The van der Waals surface area contributed by atoms with Crippen molar-refractivity contribution in [3.05, 3.63) is 37.0 Å². The van der Waals surface area contributed by atoms with E-state index in [4.69, 9.17) is 0 Å². The summed E-state index contributed by atoms with van der Waals surface area (Å²) < 4.78 is 0. The minimum Gasteiger partial charge on any atom is -0.301 e. The van der Waals surface area contributed by atoms with E-state index in [2.05, 4.69) is 24.6 Å². The fourth-order valence-electron chi connectivity index (χ4n) is 0.357. The van der Waals surface area contributed by atoms with E-state index in [1.54, 1.807) is 19.3 Å². The van der Waals surface area contributed by atoms with Gasteiger partial charge in [0, 0.05) is 7.05 Å². The molecule has 0 aliphatic heterocycles. The molecule has 0 aliphatic carbocycles. The predicted octanol–water partition coefficient (Wildman–Crippen LogP) is 3.40. The molecule has 0 saturated heterocycles. The van der Waals surface area contributed by atoms with Gasteiger partial charge in [-0.15, -0.1) is 0 Å². The first kappa shape index (κ1) is 13.5. The lowest BCUT2D eigenvalue weighted by molar-refractivity contribution is 1.22. The summed E-state index contributed by atoms with van der Waals surface area (Å²) in [6, 6.07) is 0. The van der Waals surface area contributed by atoms with Gasteiger partial charge >= 0.3 is 0 Å². The van der Waals surface area contributed by atoms with Crippen LogP contribution in [0.4, 0.5) is 0 Å². The molecule has 0 radical (unpaired) electrons. The molecule has 12 heavy (non-hydrogen) atoms. The van der Waals surface area contributed by atoms with Gasteiger partial charge in [-0.25, -0.2) is 0 Å². The van der Waals surface area contributed by atoms with Crippen molar-refractivity contribution in [3.63, 3.8) is 0 Å². The lowest BCUT2D eigenvalue weighted by Gasteiger charge is -1.71. The van der Waals surface area contributed by atoms with Crippen LogP contribution in [0.3, 0.4) is 0 Å². The third-order valence-corrected chi connectivity index (χ3v) is 0.988. The van der Waals surface area contributed by atoms with Gasteiger partial charge in [0.2, 0.25) is 0 Å². The van der Waals surface area contributed by atoms with E-state index in [0.29, 0.717) is 0 Å². The lowest BCUT2D eigenvalue weighted by Crippen LogP contribution is -1.49. The zero-order valence-electron chi connectivity index (χ0n) is 8.33. The summed E-state index contributed by atoms with van der Waals surface area (Å²) in [4.78, 5) is 3.61. The molecule has 0 aromatic carbocycles. The first-order valence-corrected chi connectivity index (χ1v) is 4.14. The third kappa shape index (κ3) is 23.1. The summed E-state index contributed by atoms with van der Waals surface area (Å²) in [5.74, 6) is 0. The minimum absolute atomic E-state index is 1.10. The zero-order valence-corrected chi connectivity index (χ0v) is 8.33. The standard InChI is InChI=1S/C8H12.C3H7N/c1-3-5-7-8-6-4-2;1-3-4-2/h3,5-8H,1,4H2,2H3;3H,1-2H3/b7-5-,8-6+;. The molecule has 1 heteroatoms. The Morgan fingerprint density at radius 2 is 1.83 bits per heavy atom. The molecular formula is C11H19N. The van der Waals surface area contributed by atoms with Crippen LogP contribution in [0.5, 0.6) is 0 Å². The summed E-state index contributed by atoms with van der Waals surface area (Å²) in [6.45, 7) is 7.54. The van der Waals surface area contributed by atoms with Gasteiger partial charge in [0.25, 0.3) is 0 Å². The summed E-state index contributed by atoms with van der Waals surface area (Å²) in [5.41, 5.74) is 0. The predicted molar refractivity (Wildman–Crippen MR) is 58.9 cm³/mol. The lowest BCUT2D eigenvalue weighted by atomic mass is 10.4. The maximum Gasteiger partial charge on any atom is 0.0273 e. The van der Waals surface area contributed by atoms with E-state index in [1.807, 2.05) is 25.2 Å². The molecule has 0 aromatic heterocycles. The van der Waals surface area contributed by atoms with E-state index >= 15 is 0 Å². The minimum atomic E-state index is 1.10. The van der Waals surface area contributed by atoms with Crippen LogP contribution >= 0.6 is 0 Å². The Balaban J connectivity index is 0. The van der Waals surface area contributed by atoms with Crippen LogP contribution in [0.15, 0.2) is 42.0 Å². The quantitative estimate of drug-likeness (QED) is 0.449. The molecule has 0 N–H and O–H groups in total. The summed E-state index contributed by atoms with van der Waals surface area (Å²) in [6.07, 6.45) is 12.6. The molecule has 0 fully saturated rings. The highest BCUT2D eigenvalue weighted by Gasteiger charge is 1.59. The maximum absolute atomic E-state index is 3.61. The van der Waals surface area contributed by atoms with Crippen LogP contribution in [0, 0.1) is 0 Å². The molecule has 0 saturated carbocycles. The number of allylic oxidation sites excluding steroid dienone is 5. The van der Waals surface area contributed by atoms with Gasteiger partial charge in [-0.1, -0.05) is 43.9 Å². The van der Waals surface area contributed by atoms with E-state index in [0.717, 1.165) is 6.42 Å². The summed E-state index contributed by atoms with van der Waals surface area (Å²) in [5, 5.41) is 0. The van der Waals surface area contributed by atoms with E-state index in [1.165, 1.54) is 0 Å². The van der Waals surface area contributed by atoms with Crippen LogP contribution in [0.2, 0.25) is 0 Å². The van der Waals surface area contributed by atoms with Crippen molar-refractivity contribution >= 4 is 6.21 Å². The van der Waals surface area contributed by atoms with Crippen molar-refractivity contribution in [1.82, 2.24) is 0 Å². The summed E-state index contributed by atoms with van der Waals surface area (Å²) >= 11 is 0. The van der Waals surface area contributed by atoms with Gasteiger partial charge in [-0.05, 0) is 19.6 Å². The molecule has 0 rings (SSSR count). The summed E-state index contributed by atoms with van der Waals surface area (Å²) in [7, 11) is 1.75. The van der Waals surface area contributed by atoms with Crippen LogP contribution in [0.25, 0.3) is 0 Å². The van der Waals surface area contributed by atoms with Gasteiger partial charge in [0.1, 0.15) is 0 Å². The maximum atomic E-state index is 3.61. The van der Waals surface area contributed by atoms with Gasteiger partial charge in [0.05, 0.1) is 0 Å². The fourth-order valence-corrected chi connectivity index (χ4v) is 0.357. The number of hydrogen-bond donors (Lipinski definition) is 0. The van der Waals surface area contributed by atoms with Crippen LogP contribution in [-0.4, -0.2) is 13.3 Å². The Morgan fingerprint density at radius 1 is 1.25 bits per heavy atom.